The fourth-order valence-electron chi connectivity index (χ4n) is 7.68. The van der Waals surface area contributed by atoms with Crippen LogP contribution in [0.15, 0.2) is 12.1 Å². The third-order valence-electron chi connectivity index (χ3n) is 9.51. The maximum Gasteiger partial charge on any atom is 0.123 e. The van der Waals surface area contributed by atoms with Crippen molar-refractivity contribution < 1.29 is 5.11 Å². The minimum absolute atomic E-state index is 0.124. The van der Waals surface area contributed by atoms with E-state index in [2.05, 4.69) is 56.9 Å². The van der Waals surface area contributed by atoms with Crippen LogP contribution in [0.3, 0.4) is 0 Å². The molecule has 0 spiro atoms. The maximum atomic E-state index is 11.7. The smallest absolute Gasteiger partial charge is 0.123 e. The summed E-state index contributed by atoms with van der Waals surface area (Å²) in [4.78, 5) is 4.97. The van der Waals surface area contributed by atoms with Gasteiger partial charge in [-0.3, -0.25) is 4.90 Å². The number of aromatic hydroxyl groups is 1. The van der Waals surface area contributed by atoms with Crippen molar-refractivity contribution in [2.75, 3.05) is 21.1 Å². The summed E-state index contributed by atoms with van der Waals surface area (Å²) in [6, 6.07) is 5.93. The SMILES string of the molecule is CCCCc1cc(CN(C)[C@@H]2CCCC[C@H]2N(C)C)c(O)c(C2(C)C[C@H]3CC[C@@H](CC3)C2)c1. The molecule has 0 aliphatic heterocycles. The molecule has 3 nitrogen and oxygen atoms in total. The molecule has 2 atom stereocenters. The average molecular weight is 455 g/mol. The van der Waals surface area contributed by atoms with E-state index in [1.807, 2.05) is 0 Å². The van der Waals surface area contributed by atoms with E-state index in [-0.39, 0.29) is 5.41 Å². The normalized spacial score (nSPS) is 32.5. The summed E-state index contributed by atoms with van der Waals surface area (Å²) in [5, 5.41) is 11.7. The molecule has 0 unspecified atom stereocenters. The van der Waals surface area contributed by atoms with Crippen molar-refractivity contribution in [3.63, 3.8) is 0 Å². The third kappa shape index (κ3) is 5.61. The Hall–Kier alpha value is -1.06. The lowest BCUT2D eigenvalue weighted by Gasteiger charge is -2.41. The molecule has 0 radical (unpaired) electrons. The molecule has 2 bridgehead atoms. The number of unbranched alkanes of at least 4 members (excludes halogenated alkanes) is 1. The van der Waals surface area contributed by atoms with Crippen molar-refractivity contribution in [1.29, 1.82) is 0 Å². The van der Waals surface area contributed by atoms with Crippen LogP contribution < -0.4 is 0 Å². The standard InChI is InChI=1S/C30H50N2O/c1-6-7-10-24-17-25(21-32(5)28-12-9-8-11-27(28)31(3)4)29(33)26(18-24)30(2)19-22-13-14-23(20-30)16-15-22/h17-18,22-23,27-28,33H,6-16,19-21H2,1-5H3/t22-,23-,27-,28-/m1/s1. The van der Waals surface area contributed by atoms with Crippen LogP contribution in [0, 0.1) is 11.8 Å². The highest BCUT2D eigenvalue weighted by atomic mass is 16.3. The van der Waals surface area contributed by atoms with Crippen molar-refractivity contribution in [2.45, 2.75) is 121 Å². The van der Waals surface area contributed by atoms with E-state index < -0.39 is 0 Å². The Labute approximate surface area is 203 Å². The monoisotopic (exact) mass is 454 g/mol. The predicted molar refractivity (Wildman–Crippen MR) is 140 cm³/mol. The van der Waals surface area contributed by atoms with Crippen molar-refractivity contribution >= 4 is 0 Å². The average Bonchev–Trinajstić information content (AvgIpc) is 3.07. The Balaban J connectivity index is 1.64. The molecule has 1 aromatic carbocycles. The first-order valence-electron chi connectivity index (χ1n) is 14.0. The number of fused-ring (bicyclic) bond motifs is 4. The lowest BCUT2D eigenvalue weighted by molar-refractivity contribution is 0.0871. The van der Waals surface area contributed by atoms with E-state index in [0.29, 0.717) is 17.8 Å². The third-order valence-corrected chi connectivity index (χ3v) is 9.51. The fraction of sp³-hybridized carbons (Fsp3) is 0.800. The van der Waals surface area contributed by atoms with E-state index in [1.165, 1.54) is 93.7 Å². The number of hydrogen-bond acceptors (Lipinski definition) is 3. The van der Waals surface area contributed by atoms with Gasteiger partial charge in [0.15, 0.2) is 0 Å². The number of likely N-dealkylation sites (N-methyl/N-ethyl adjacent to an activating group) is 2. The van der Waals surface area contributed by atoms with Gasteiger partial charge in [-0.1, -0.05) is 70.9 Å². The van der Waals surface area contributed by atoms with Gasteiger partial charge in [0.05, 0.1) is 0 Å². The molecule has 1 aromatic rings. The van der Waals surface area contributed by atoms with Gasteiger partial charge < -0.3 is 10.0 Å². The van der Waals surface area contributed by atoms with Crippen molar-refractivity contribution in [2.24, 2.45) is 11.8 Å². The first-order chi connectivity index (χ1) is 15.8. The summed E-state index contributed by atoms with van der Waals surface area (Å²) in [7, 11) is 6.76. The summed E-state index contributed by atoms with van der Waals surface area (Å²) in [6.07, 6.45) is 16.9. The molecule has 4 aliphatic carbocycles. The summed E-state index contributed by atoms with van der Waals surface area (Å²) in [6.45, 7) is 5.61. The Bertz CT molecular complexity index is 766. The van der Waals surface area contributed by atoms with Gasteiger partial charge >= 0.3 is 0 Å². The molecule has 4 saturated carbocycles. The summed E-state index contributed by atoms with van der Waals surface area (Å²) >= 11 is 0. The lowest BCUT2D eigenvalue weighted by Crippen LogP contribution is -2.49. The van der Waals surface area contributed by atoms with Gasteiger partial charge in [-0.05, 0) is 82.5 Å². The molecule has 33 heavy (non-hydrogen) atoms. The zero-order chi connectivity index (χ0) is 23.6. The predicted octanol–water partition coefficient (Wildman–Crippen LogP) is 6.90. The summed E-state index contributed by atoms with van der Waals surface area (Å²) < 4.78 is 0. The molecule has 1 N–H and O–H groups in total. The first kappa shape index (κ1) is 25.0. The Morgan fingerprint density at radius 3 is 2.09 bits per heavy atom. The second kappa shape index (κ2) is 10.7. The van der Waals surface area contributed by atoms with Crippen molar-refractivity contribution in [3.8, 4) is 5.75 Å². The second-order valence-corrected chi connectivity index (χ2v) is 12.4. The zero-order valence-corrected chi connectivity index (χ0v) is 22.2. The van der Waals surface area contributed by atoms with Crippen LogP contribution in [0.4, 0.5) is 0 Å². The van der Waals surface area contributed by atoms with Gasteiger partial charge in [0.25, 0.3) is 0 Å². The molecule has 0 saturated heterocycles. The summed E-state index contributed by atoms with van der Waals surface area (Å²) in [5.41, 5.74) is 4.01. The quantitative estimate of drug-likeness (QED) is 0.463. The van der Waals surface area contributed by atoms with Gasteiger partial charge in [-0.2, -0.15) is 0 Å². The van der Waals surface area contributed by atoms with Gasteiger partial charge in [-0.25, -0.2) is 0 Å². The second-order valence-electron chi connectivity index (χ2n) is 12.4. The molecule has 0 aromatic heterocycles. The number of aryl methyl sites for hydroxylation is 1. The topological polar surface area (TPSA) is 26.7 Å². The molecule has 0 amide bonds. The van der Waals surface area contributed by atoms with Gasteiger partial charge in [-0.15, -0.1) is 0 Å². The molecule has 5 rings (SSSR count). The largest absolute Gasteiger partial charge is 0.507 e. The van der Waals surface area contributed by atoms with Crippen LogP contribution in [0.2, 0.25) is 0 Å². The Morgan fingerprint density at radius 1 is 0.909 bits per heavy atom. The number of phenols is 1. The van der Waals surface area contributed by atoms with Crippen LogP contribution in [0.5, 0.6) is 5.75 Å². The molecular formula is C30H50N2O. The van der Waals surface area contributed by atoms with Crippen LogP contribution in [0.1, 0.15) is 108 Å². The highest BCUT2D eigenvalue weighted by molar-refractivity contribution is 5.48. The highest BCUT2D eigenvalue weighted by Crippen LogP contribution is 2.51. The van der Waals surface area contributed by atoms with E-state index in [0.717, 1.165) is 24.8 Å². The van der Waals surface area contributed by atoms with Gasteiger partial charge in [0.1, 0.15) is 5.75 Å². The van der Waals surface area contributed by atoms with Crippen molar-refractivity contribution in [3.05, 3.63) is 28.8 Å². The molecular weight excluding hydrogens is 404 g/mol. The molecule has 4 aliphatic rings. The van der Waals surface area contributed by atoms with E-state index >= 15 is 0 Å². The van der Waals surface area contributed by atoms with E-state index in [9.17, 15) is 5.11 Å². The maximum absolute atomic E-state index is 11.7. The molecule has 4 fully saturated rings. The molecule has 186 valence electrons. The van der Waals surface area contributed by atoms with Gasteiger partial charge in [0.2, 0.25) is 0 Å². The van der Waals surface area contributed by atoms with Crippen LogP contribution >= 0.6 is 0 Å². The van der Waals surface area contributed by atoms with Crippen LogP contribution in [0.25, 0.3) is 0 Å². The van der Waals surface area contributed by atoms with E-state index in [4.69, 9.17) is 0 Å². The first-order valence-corrected chi connectivity index (χ1v) is 14.0. The fourth-order valence-corrected chi connectivity index (χ4v) is 7.68. The minimum atomic E-state index is 0.124. The summed E-state index contributed by atoms with van der Waals surface area (Å²) in [5.74, 6) is 2.31. The number of phenolic OH excluding ortho intramolecular Hbond substituents is 1. The number of rotatable bonds is 8. The van der Waals surface area contributed by atoms with Crippen molar-refractivity contribution in [1.82, 2.24) is 9.80 Å². The van der Waals surface area contributed by atoms with Crippen LogP contribution in [-0.2, 0) is 18.4 Å². The Morgan fingerprint density at radius 2 is 1.52 bits per heavy atom. The zero-order valence-electron chi connectivity index (χ0n) is 22.2. The lowest BCUT2D eigenvalue weighted by atomic mass is 9.72. The number of benzene rings is 1. The highest BCUT2D eigenvalue weighted by Gasteiger charge is 2.41. The minimum Gasteiger partial charge on any atom is -0.507 e. The van der Waals surface area contributed by atoms with Crippen LogP contribution in [-0.4, -0.2) is 48.1 Å². The Kier molecular flexibility index (Phi) is 8.11. The van der Waals surface area contributed by atoms with E-state index in [1.54, 1.807) is 0 Å². The molecule has 3 heteroatoms. The van der Waals surface area contributed by atoms with Gasteiger partial charge in [0, 0.05) is 29.8 Å². The number of hydrogen-bond donors (Lipinski definition) is 1. The number of nitrogens with zero attached hydrogens (tertiary/aromatic N) is 2. The molecule has 0 heterocycles.